The van der Waals surface area contributed by atoms with Crippen LogP contribution >= 0.6 is 11.6 Å². The molecule has 0 aromatic heterocycles. The normalized spacial score (nSPS) is 18.3. The Morgan fingerprint density at radius 1 is 1.10 bits per heavy atom. The van der Waals surface area contributed by atoms with E-state index in [0.29, 0.717) is 0 Å². The molecule has 0 atom stereocenters. The summed E-state index contributed by atoms with van der Waals surface area (Å²) in [5, 5.41) is 1.03. The fourth-order valence-corrected chi connectivity index (χ4v) is 1.11. The van der Waals surface area contributed by atoms with E-state index in [1.165, 1.54) is 0 Å². The summed E-state index contributed by atoms with van der Waals surface area (Å²) in [5.74, 6) is 0. The second-order valence-electron chi connectivity index (χ2n) is 2.24. The van der Waals surface area contributed by atoms with E-state index < -0.39 is 0 Å². The Balaban J connectivity index is 0.000000810. The van der Waals surface area contributed by atoms with E-state index >= 15 is 0 Å². The number of rotatable bonds is 0. The largest absolute Gasteiger partial charge is 0.0895 e. The van der Waals surface area contributed by atoms with Crippen LogP contribution in [0.4, 0.5) is 0 Å². The van der Waals surface area contributed by atoms with Crippen LogP contribution in [-0.4, -0.2) is 0 Å². The van der Waals surface area contributed by atoms with Crippen LogP contribution < -0.4 is 0 Å². The maximum absolute atomic E-state index is 5.82. The van der Waals surface area contributed by atoms with E-state index in [1.807, 2.05) is 0 Å². The predicted molar refractivity (Wildman–Crippen MR) is 41.5 cm³/mol. The molecule has 0 unspecified atom stereocenters. The topological polar surface area (TPSA) is 0 Å². The first kappa shape index (κ1) is 10.4. The summed E-state index contributed by atoms with van der Waals surface area (Å²) in [6, 6.07) is 0. The summed E-state index contributed by atoms with van der Waals surface area (Å²) in [6.45, 7) is 0. The minimum atomic E-state index is 0. The zero-order valence-electron chi connectivity index (χ0n) is 5.77. The zero-order valence-corrected chi connectivity index (χ0v) is 8.92. The predicted octanol–water partition coefficient (Wildman–Crippen LogP) is 3.24. The minimum absolute atomic E-state index is 0. The van der Waals surface area contributed by atoms with Crippen LogP contribution in [0.15, 0.2) is 23.3 Å². The van der Waals surface area contributed by atoms with Gasteiger partial charge in [0.15, 0.2) is 0 Å². The van der Waals surface area contributed by atoms with Gasteiger partial charge >= 0.3 is 0 Å². The molecule has 0 aliphatic heterocycles. The molecule has 0 heterocycles. The van der Waals surface area contributed by atoms with Crippen molar-refractivity contribution in [2.75, 3.05) is 0 Å². The van der Waals surface area contributed by atoms with E-state index in [4.69, 9.17) is 11.6 Å². The second-order valence-corrected chi connectivity index (χ2v) is 2.72. The molecule has 0 N–H and O–H groups in total. The third-order valence-electron chi connectivity index (χ3n) is 1.42. The second kappa shape index (κ2) is 6.15. The third kappa shape index (κ3) is 4.27. The molecule has 0 spiro atoms. The van der Waals surface area contributed by atoms with Gasteiger partial charge in [0.05, 0.1) is 0 Å². The van der Waals surface area contributed by atoms with Gasteiger partial charge in [-0.3, -0.25) is 0 Å². The van der Waals surface area contributed by atoms with E-state index in [2.05, 4.69) is 18.2 Å². The van der Waals surface area contributed by atoms with Crippen LogP contribution in [0.5, 0.6) is 0 Å². The maximum Gasteiger partial charge on any atom is 0.0144 e. The first-order valence-corrected chi connectivity index (χ1v) is 3.77. The smallest absolute Gasteiger partial charge is 0.0144 e. The Bertz CT molecular complexity index is 138. The molecule has 1 radical (unpaired) electrons. The molecule has 0 aromatic carbocycles. The first-order chi connectivity index (χ1) is 4.39. The summed E-state index contributed by atoms with van der Waals surface area (Å²) in [5.41, 5.74) is 0. The van der Waals surface area contributed by atoms with Crippen molar-refractivity contribution in [3.05, 3.63) is 23.3 Å². The molecule has 0 nitrogen and oxygen atoms in total. The average Bonchev–Trinajstić information content (AvgIpc) is 1.79. The quantitative estimate of drug-likeness (QED) is 0.597. The van der Waals surface area contributed by atoms with Crippen molar-refractivity contribution in [1.29, 1.82) is 0 Å². The SMILES string of the molecule is ClC1=CCCC=CCC1.[Ir]. The van der Waals surface area contributed by atoms with Gasteiger partial charge in [0.25, 0.3) is 0 Å². The van der Waals surface area contributed by atoms with Crippen LogP contribution in [0.25, 0.3) is 0 Å². The zero-order chi connectivity index (χ0) is 6.53. The molecular formula is C8H11ClIr. The Morgan fingerprint density at radius 2 is 1.80 bits per heavy atom. The van der Waals surface area contributed by atoms with Crippen molar-refractivity contribution >= 4 is 11.6 Å². The molecule has 59 valence electrons. The number of halogens is 1. The van der Waals surface area contributed by atoms with Crippen LogP contribution in [0.1, 0.15) is 25.7 Å². The fourth-order valence-electron chi connectivity index (χ4n) is 0.895. The summed E-state index contributed by atoms with van der Waals surface area (Å²) < 4.78 is 0. The van der Waals surface area contributed by atoms with Crippen LogP contribution in [-0.2, 0) is 20.1 Å². The number of hydrogen-bond acceptors (Lipinski definition) is 0. The van der Waals surface area contributed by atoms with Gasteiger partial charge in [0.1, 0.15) is 0 Å². The molecule has 0 fully saturated rings. The van der Waals surface area contributed by atoms with Crippen molar-refractivity contribution in [3.8, 4) is 0 Å². The Labute approximate surface area is 80.7 Å². The molecule has 10 heavy (non-hydrogen) atoms. The van der Waals surface area contributed by atoms with Crippen molar-refractivity contribution < 1.29 is 20.1 Å². The van der Waals surface area contributed by atoms with Gasteiger partial charge in [0.2, 0.25) is 0 Å². The van der Waals surface area contributed by atoms with Gasteiger partial charge in [-0.1, -0.05) is 29.8 Å². The molecule has 0 saturated carbocycles. The van der Waals surface area contributed by atoms with Gasteiger partial charge < -0.3 is 0 Å². The molecule has 0 bridgehead atoms. The summed E-state index contributed by atoms with van der Waals surface area (Å²) in [7, 11) is 0. The molecule has 1 aliphatic rings. The number of allylic oxidation sites excluding steroid dienone is 4. The van der Waals surface area contributed by atoms with E-state index in [1.54, 1.807) is 0 Å². The molecule has 0 aromatic rings. The van der Waals surface area contributed by atoms with Gasteiger partial charge in [-0.05, 0) is 25.7 Å². The molecular weight excluding hydrogens is 324 g/mol. The Hall–Kier alpha value is 0.419. The van der Waals surface area contributed by atoms with Crippen molar-refractivity contribution in [3.63, 3.8) is 0 Å². The minimum Gasteiger partial charge on any atom is -0.0895 e. The fraction of sp³-hybridized carbons (Fsp3) is 0.500. The monoisotopic (exact) mass is 335 g/mol. The average molecular weight is 335 g/mol. The molecule has 0 amide bonds. The van der Waals surface area contributed by atoms with Crippen molar-refractivity contribution in [1.82, 2.24) is 0 Å². The number of hydrogen-bond donors (Lipinski definition) is 0. The van der Waals surface area contributed by atoms with Crippen molar-refractivity contribution in [2.24, 2.45) is 0 Å². The molecule has 1 aliphatic carbocycles. The maximum atomic E-state index is 5.82. The Kier molecular flexibility index (Phi) is 6.41. The van der Waals surface area contributed by atoms with E-state index in [9.17, 15) is 0 Å². The van der Waals surface area contributed by atoms with E-state index in [0.717, 1.165) is 30.7 Å². The van der Waals surface area contributed by atoms with Gasteiger partial charge in [-0.15, -0.1) is 0 Å². The summed E-state index contributed by atoms with van der Waals surface area (Å²) in [4.78, 5) is 0. The Morgan fingerprint density at radius 3 is 2.60 bits per heavy atom. The van der Waals surface area contributed by atoms with Crippen LogP contribution in [0, 0.1) is 0 Å². The van der Waals surface area contributed by atoms with Crippen LogP contribution in [0.2, 0.25) is 0 Å². The third-order valence-corrected chi connectivity index (χ3v) is 1.76. The van der Waals surface area contributed by atoms with Crippen molar-refractivity contribution in [2.45, 2.75) is 25.7 Å². The van der Waals surface area contributed by atoms with Crippen LogP contribution in [0.3, 0.4) is 0 Å². The van der Waals surface area contributed by atoms with Gasteiger partial charge in [-0.25, -0.2) is 0 Å². The molecule has 1 rings (SSSR count). The van der Waals surface area contributed by atoms with Gasteiger partial charge in [0, 0.05) is 25.1 Å². The van der Waals surface area contributed by atoms with E-state index in [-0.39, 0.29) is 20.1 Å². The standard InChI is InChI=1S/C8H11Cl.Ir/c9-8-6-4-2-1-3-5-7-8;/h1-2,7H,3-6H2;. The molecule has 2 heteroatoms. The molecule has 0 saturated heterocycles. The first-order valence-electron chi connectivity index (χ1n) is 3.39. The summed E-state index contributed by atoms with van der Waals surface area (Å²) >= 11 is 5.82. The van der Waals surface area contributed by atoms with Gasteiger partial charge in [-0.2, -0.15) is 0 Å². The summed E-state index contributed by atoms with van der Waals surface area (Å²) in [6.07, 6.45) is 10.9.